The SMILES string of the molecule is O=C(O)c1cc2nc(Cl)cc(N3CCOCC3)n2n1. The van der Waals surface area contributed by atoms with Gasteiger partial charge < -0.3 is 14.7 Å². The van der Waals surface area contributed by atoms with Crippen molar-refractivity contribution >= 4 is 29.0 Å². The Balaban J connectivity index is 2.13. The van der Waals surface area contributed by atoms with Crippen LogP contribution in [0.25, 0.3) is 5.65 Å². The van der Waals surface area contributed by atoms with Gasteiger partial charge in [0.15, 0.2) is 11.3 Å². The zero-order valence-corrected chi connectivity index (χ0v) is 10.7. The van der Waals surface area contributed by atoms with Gasteiger partial charge in [-0.15, -0.1) is 0 Å². The predicted molar refractivity (Wildman–Crippen MR) is 68.0 cm³/mol. The molecule has 2 aromatic rings. The van der Waals surface area contributed by atoms with Crippen molar-refractivity contribution in [2.24, 2.45) is 0 Å². The maximum absolute atomic E-state index is 11.0. The molecule has 7 nitrogen and oxygen atoms in total. The van der Waals surface area contributed by atoms with Crippen molar-refractivity contribution < 1.29 is 14.6 Å². The number of anilines is 1. The van der Waals surface area contributed by atoms with Gasteiger partial charge in [-0.2, -0.15) is 9.61 Å². The molecule has 0 amide bonds. The van der Waals surface area contributed by atoms with Gasteiger partial charge in [-0.25, -0.2) is 9.78 Å². The number of fused-ring (bicyclic) bond motifs is 1. The first kappa shape index (κ1) is 12.2. The van der Waals surface area contributed by atoms with Gasteiger partial charge in [0.1, 0.15) is 11.0 Å². The van der Waals surface area contributed by atoms with Crippen LogP contribution in [-0.4, -0.2) is 52.0 Å². The normalized spacial score (nSPS) is 15.9. The first-order valence-electron chi connectivity index (χ1n) is 5.77. The van der Waals surface area contributed by atoms with E-state index >= 15 is 0 Å². The van der Waals surface area contributed by atoms with E-state index in [4.69, 9.17) is 21.4 Å². The molecule has 0 unspecified atom stereocenters. The summed E-state index contributed by atoms with van der Waals surface area (Å²) in [5.41, 5.74) is 0.371. The number of hydrogen-bond donors (Lipinski definition) is 1. The Labute approximate surface area is 113 Å². The lowest BCUT2D eigenvalue weighted by Gasteiger charge is -2.28. The number of carbonyl (C=O) groups is 1. The summed E-state index contributed by atoms with van der Waals surface area (Å²) in [5.74, 6) is -0.361. The van der Waals surface area contributed by atoms with Crippen LogP contribution in [0.4, 0.5) is 5.82 Å². The van der Waals surface area contributed by atoms with E-state index in [1.54, 1.807) is 6.07 Å². The van der Waals surface area contributed by atoms with Crippen molar-refractivity contribution in [3.05, 3.63) is 23.0 Å². The minimum atomic E-state index is -1.09. The number of carboxylic acid groups (broad SMARTS) is 1. The summed E-state index contributed by atoms with van der Waals surface area (Å²) in [6.45, 7) is 2.65. The molecule has 0 aromatic carbocycles. The molecule has 0 radical (unpaired) electrons. The monoisotopic (exact) mass is 282 g/mol. The van der Waals surface area contributed by atoms with E-state index in [0.29, 0.717) is 37.1 Å². The van der Waals surface area contributed by atoms with Crippen molar-refractivity contribution in [3.8, 4) is 0 Å². The first-order valence-corrected chi connectivity index (χ1v) is 6.15. The van der Waals surface area contributed by atoms with Gasteiger partial charge in [-0.3, -0.25) is 0 Å². The molecule has 1 N–H and O–H groups in total. The van der Waals surface area contributed by atoms with Gasteiger partial charge in [-0.1, -0.05) is 11.6 Å². The standard InChI is InChI=1S/C11H11ClN4O3/c12-8-6-10(15-1-3-19-4-2-15)16-9(13-8)5-7(14-16)11(17)18/h5-6H,1-4H2,(H,17,18). The zero-order valence-electron chi connectivity index (χ0n) is 9.91. The molecule has 3 rings (SSSR count). The lowest BCUT2D eigenvalue weighted by atomic mass is 10.4. The molecule has 0 bridgehead atoms. The topological polar surface area (TPSA) is 80.0 Å². The summed E-state index contributed by atoms with van der Waals surface area (Å²) in [6, 6.07) is 3.08. The van der Waals surface area contributed by atoms with Crippen molar-refractivity contribution in [2.45, 2.75) is 0 Å². The smallest absolute Gasteiger partial charge is 0.356 e. The molecule has 100 valence electrons. The maximum Gasteiger partial charge on any atom is 0.356 e. The number of halogens is 1. The van der Waals surface area contributed by atoms with Gasteiger partial charge in [-0.05, 0) is 0 Å². The molecule has 2 aromatic heterocycles. The van der Waals surface area contributed by atoms with Crippen LogP contribution >= 0.6 is 11.6 Å². The molecule has 0 spiro atoms. The average molecular weight is 283 g/mol. The Hall–Kier alpha value is -1.86. The fraction of sp³-hybridized carbons (Fsp3) is 0.364. The van der Waals surface area contributed by atoms with E-state index in [9.17, 15) is 4.79 Å². The third kappa shape index (κ3) is 2.22. The van der Waals surface area contributed by atoms with Crippen LogP contribution in [0.1, 0.15) is 10.5 Å². The lowest BCUT2D eigenvalue weighted by Crippen LogP contribution is -2.37. The Morgan fingerprint density at radius 1 is 1.37 bits per heavy atom. The largest absolute Gasteiger partial charge is 0.476 e. The highest BCUT2D eigenvalue weighted by Crippen LogP contribution is 2.21. The van der Waals surface area contributed by atoms with Crippen LogP contribution in [0.5, 0.6) is 0 Å². The van der Waals surface area contributed by atoms with Gasteiger partial charge >= 0.3 is 5.97 Å². The number of hydrogen-bond acceptors (Lipinski definition) is 5. The van der Waals surface area contributed by atoms with E-state index in [1.807, 2.05) is 4.90 Å². The number of aromatic nitrogens is 3. The fourth-order valence-corrected chi connectivity index (χ4v) is 2.24. The number of rotatable bonds is 2. The summed E-state index contributed by atoms with van der Waals surface area (Å²) in [6.07, 6.45) is 0. The molecular weight excluding hydrogens is 272 g/mol. The molecule has 0 saturated carbocycles. The van der Waals surface area contributed by atoms with Crippen molar-refractivity contribution in [1.29, 1.82) is 0 Å². The van der Waals surface area contributed by atoms with E-state index in [1.165, 1.54) is 10.6 Å². The summed E-state index contributed by atoms with van der Waals surface area (Å²) in [5, 5.41) is 13.3. The predicted octanol–water partition coefficient (Wildman–Crippen LogP) is 0.917. The van der Waals surface area contributed by atoms with Gasteiger partial charge in [0, 0.05) is 25.2 Å². The number of carboxylic acids is 1. The zero-order chi connectivity index (χ0) is 13.4. The Kier molecular flexibility index (Phi) is 3.00. The second-order valence-corrected chi connectivity index (χ2v) is 4.53. The van der Waals surface area contributed by atoms with E-state index < -0.39 is 5.97 Å². The first-order chi connectivity index (χ1) is 9.15. The second kappa shape index (κ2) is 4.67. The van der Waals surface area contributed by atoms with Gasteiger partial charge in [0.2, 0.25) is 0 Å². The summed E-state index contributed by atoms with van der Waals surface area (Å²) < 4.78 is 6.79. The summed E-state index contributed by atoms with van der Waals surface area (Å²) >= 11 is 5.97. The minimum Gasteiger partial charge on any atom is -0.476 e. The Morgan fingerprint density at radius 2 is 2.11 bits per heavy atom. The van der Waals surface area contributed by atoms with Crippen molar-refractivity contribution in [2.75, 3.05) is 31.2 Å². The van der Waals surface area contributed by atoms with Crippen LogP contribution in [0.15, 0.2) is 12.1 Å². The Bertz CT molecular complexity index is 636. The number of nitrogens with zero attached hydrogens (tertiary/aromatic N) is 4. The van der Waals surface area contributed by atoms with E-state index in [2.05, 4.69) is 10.1 Å². The van der Waals surface area contributed by atoms with Crippen LogP contribution in [0, 0.1) is 0 Å². The minimum absolute atomic E-state index is 0.0516. The molecule has 1 aliphatic heterocycles. The summed E-state index contributed by atoms with van der Waals surface area (Å²) in [7, 11) is 0. The third-order valence-corrected chi connectivity index (χ3v) is 3.12. The Morgan fingerprint density at radius 3 is 2.79 bits per heavy atom. The van der Waals surface area contributed by atoms with Gasteiger partial charge in [0.25, 0.3) is 0 Å². The summed E-state index contributed by atoms with van der Waals surface area (Å²) in [4.78, 5) is 17.1. The molecular formula is C11H11ClN4O3. The van der Waals surface area contributed by atoms with Crippen molar-refractivity contribution in [1.82, 2.24) is 14.6 Å². The van der Waals surface area contributed by atoms with E-state index in [0.717, 1.165) is 5.82 Å². The fourth-order valence-electron chi connectivity index (χ4n) is 2.05. The maximum atomic E-state index is 11.0. The molecule has 0 aliphatic carbocycles. The highest BCUT2D eigenvalue weighted by molar-refractivity contribution is 6.29. The van der Waals surface area contributed by atoms with Crippen LogP contribution < -0.4 is 4.90 Å². The lowest BCUT2D eigenvalue weighted by molar-refractivity contribution is 0.0690. The number of ether oxygens (including phenoxy) is 1. The second-order valence-electron chi connectivity index (χ2n) is 4.14. The van der Waals surface area contributed by atoms with E-state index in [-0.39, 0.29) is 5.69 Å². The van der Waals surface area contributed by atoms with Crippen molar-refractivity contribution in [3.63, 3.8) is 0 Å². The average Bonchev–Trinajstić information content (AvgIpc) is 2.82. The molecule has 1 fully saturated rings. The van der Waals surface area contributed by atoms with Crippen LogP contribution in [-0.2, 0) is 4.74 Å². The van der Waals surface area contributed by atoms with Gasteiger partial charge in [0.05, 0.1) is 13.2 Å². The quantitative estimate of drug-likeness (QED) is 0.825. The molecule has 0 atom stereocenters. The number of aromatic carboxylic acids is 1. The third-order valence-electron chi connectivity index (χ3n) is 2.93. The molecule has 8 heteroatoms. The molecule has 1 aliphatic rings. The van der Waals surface area contributed by atoms with Crippen LogP contribution in [0.2, 0.25) is 5.15 Å². The molecule has 3 heterocycles. The highest BCUT2D eigenvalue weighted by Gasteiger charge is 2.18. The van der Waals surface area contributed by atoms with Crippen LogP contribution in [0.3, 0.4) is 0 Å². The molecule has 19 heavy (non-hydrogen) atoms. The highest BCUT2D eigenvalue weighted by atomic mass is 35.5. The number of morpholine rings is 1. The molecule has 1 saturated heterocycles.